The van der Waals surface area contributed by atoms with Gasteiger partial charge in [0, 0.05) is 56.0 Å². The van der Waals surface area contributed by atoms with Gasteiger partial charge < -0.3 is 10.6 Å². The fourth-order valence-electron chi connectivity index (χ4n) is 3.21. The molecule has 0 fully saturated rings. The molecule has 1 aliphatic heterocycles. The molecule has 6 nitrogen and oxygen atoms in total. The zero-order valence-corrected chi connectivity index (χ0v) is 19.4. The third kappa shape index (κ3) is 6.76. The van der Waals surface area contributed by atoms with E-state index in [1.54, 1.807) is 4.88 Å². The second-order valence-electron chi connectivity index (χ2n) is 6.71. The van der Waals surface area contributed by atoms with Gasteiger partial charge >= 0.3 is 0 Å². The summed E-state index contributed by atoms with van der Waals surface area (Å²) in [6.45, 7) is 10.1. The molecule has 0 aromatic carbocycles. The third-order valence-corrected chi connectivity index (χ3v) is 5.76. The van der Waals surface area contributed by atoms with Crippen molar-refractivity contribution >= 4 is 41.3 Å². The van der Waals surface area contributed by atoms with Gasteiger partial charge in [0.25, 0.3) is 0 Å². The highest BCUT2D eigenvalue weighted by Crippen LogP contribution is 2.25. The second kappa shape index (κ2) is 11.7. The van der Waals surface area contributed by atoms with Crippen LogP contribution in [-0.4, -0.2) is 52.9 Å². The third-order valence-electron chi connectivity index (χ3n) is 4.73. The van der Waals surface area contributed by atoms with Gasteiger partial charge in [0.15, 0.2) is 5.96 Å². The SMILES string of the molecule is CCNC(=NCC(C)N1CCc2sccc2C1)NCCCn1cccn1.I. The van der Waals surface area contributed by atoms with Crippen molar-refractivity contribution in [2.24, 2.45) is 4.99 Å². The molecule has 27 heavy (non-hydrogen) atoms. The van der Waals surface area contributed by atoms with Crippen LogP contribution in [0.2, 0.25) is 0 Å². The number of hydrogen-bond acceptors (Lipinski definition) is 4. The first-order chi connectivity index (χ1) is 12.8. The first-order valence-electron chi connectivity index (χ1n) is 9.55. The molecule has 0 spiro atoms. The highest BCUT2D eigenvalue weighted by Gasteiger charge is 2.21. The molecule has 1 aliphatic rings. The number of aliphatic imine (C=N–C) groups is 1. The zero-order valence-electron chi connectivity index (χ0n) is 16.2. The second-order valence-corrected chi connectivity index (χ2v) is 7.71. The Morgan fingerprint density at radius 1 is 1.41 bits per heavy atom. The van der Waals surface area contributed by atoms with E-state index in [-0.39, 0.29) is 24.0 Å². The average Bonchev–Trinajstić information content (AvgIpc) is 3.33. The summed E-state index contributed by atoms with van der Waals surface area (Å²) in [5, 5.41) is 13.2. The van der Waals surface area contributed by atoms with Gasteiger partial charge in [-0.2, -0.15) is 5.10 Å². The number of hydrogen-bond donors (Lipinski definition) is 2. The Kier molecular flexibility index (Phi) is 9.57. The lowest BCUT2D eigenvalue weighted by atomic mass is 10.1. The van der Waals surface area contributed by atoms with Crippen LogP contribution in [-0.2, 0) is 19.5 Å². The smallest absolute Gasteiger partial charge is 0.191 e. The molecule has 3 heterocycles. The predicted octanol–water partition coefficient (Wildman–Crippen LogP) is 2.95. The minimum Gasteiger partial charge on any atom is -0.357 e. The molecule has 3 rings (SSSR count). The van der Waals surface area contributed by atoms with Gasteiger partial charge in [-0.1, -0.05) is 0 Å². The molecule has 8 heteroatoms. The summed E-state index contributed by atoms with van der Waals surface area (Å²) < 4.78 is 1.96. The van der Waals surface area contributed by atoms with Crippen LogP contribution < -0.4 is 10.6 Å². The van der Waals surface area contributed by atoms with E-state index < -0.39 is 0 Å². The summed E-state index contributed by atoms with van der Waals surface area (Å²) in [5.74, 6) is 0.910. The van der Waals surface area contributed by atoms with Crippen LogP contribution in [0.1, 0.15) is 30.7 Å². The topological polar surface area (TPSA) is 57.5 Å². The number of nitrogens with zero attached hydrogens (tertiary/aromatic N) is 4. The van der Waals surface area contributed by atoms with Crippen molar-refractivity contribution in [3.8, 4) is 0 Å². The van der Waals surface area contributed by atoms with Gasteiger partial charge in [-0.25, -0.2) is 0 Å². The van der Waals surface area contributed by atoms with Crippen molar-refractivity contribution in [3.63, 3.8) is 0 Å². The quantitative estimate of drug-likeness (QED) is 0.252. The maximum Gasteiger partial charge on any atom is 0.191 e. The molecule has 150 valence electrons. The monoisotopic (exact) mass is 502 g/mol. The highest BCUT2D eigenvalue weighted by molar-refractivity contribution is 14.0. The Balaban J connectivity index is 0.00000261. The number of halogens is 1. The highest BCUT2D eigenvalue weighted by atomic mass is 127. The first-order valence-corrected chi connectivity index (χ1v) is 10.4. The van der Waals surface area contributed by atoms with Gasteiger partial charge in [-0.15, -0.1) is 35.3 Å². The minimum absolute atomic E-state index is 0. The summed E-state index contributed by atoms with van der Waals surface area (Å²) in [5.41, 5.74) is 1.50. The minimum atomic E-state index is 0. The van der Waals surface area contributed by atoms with E-state index >= 15 is 0 Å². The van der Waals surface area contributed by atoms with Crippen molar-refractivity contribution in [3.05, 3.63) is 40.3 Å². The van der Waals surface area contributed by atoms with E-state index in [2.05, 4.69) is 45.9 Å². The lowest BCUT2D eigenvalue weighted by molar-refractivity contribution is 0.197. The van der Waals surface area contributed by atoms with E-state index in [1.165, 1.54) is 12.0 Å². The molecule has 0 saturated carbocycles. The van der Waals surface area contributed by atoms with Gasteiger partial charge in [-0.05, 0) is 49.8 Å². The number of rotatable bonds is 8. The maximum atomic E-state index is 4.80. The maximum absolute atomic E-state index is 4.80. The molecule has 0 radical (unpaired) electrons. The summed E-state index contributed by atoms with van der Waals surface area (Å²) in [4.78, 5) is 8.90. The Morgan fingerprint density at radius 2 is 2.30 bits per heavy atom. The number of nitrogens with one attached hydrogen (secondary N) is 2. The molecule has 2 N–H and O–H groups in total. The van der Waals surface area contributed by atoms with E-state index in [0.29, 0.717) is 6.04 Å². The predicted molar refractivity (Wildman–Crippen MR) is 124 cm³/mol. The van der Waals surface area contributed by atoms with Crippen LogP contribution in [0.4, 0.5) is 0 Å². The van der Waals surface area contributed by atoms with E-state index in [4.69, 9.17) is 4.99 Å². The molecule has 0 amide bonds. The van der Waals surface area contributed by atoms with Crippen molar-refractivity contribution in [1.29, 1.82) is 0 Å². The summed E-state index contributed by atoms with van der Waals surface area (Å²) in [6, 6.07) is 4.68. The molecule has 0 aliphatic carbocycles. The van der Waals surface area contributed by atoms with Gasteiger partial charge in [0.2, 0.25) is 0 Å². The van der Waals surface area contributed by atoms with Gasteiger partial charge in [0.1, 0.15) is 0 Å². The molecular weight excluding hydrogens is 471 g/mol. The number of fused-ring (bicyclic) bond motifs is 1. The summed E-state index contributed by atoms with van der Waals surface area (Å²) in [7, 11) is 0. The number of aryl methyl sites for hydroxylation is 1. The van der Waals surface area contributed by atoms with Crippen LogP contribution >= 0.6 is 35.3 Å². The van der Waals surface area contributed by atoms with Crippen LogP contribution in [0.3, 0.4) is 0 Å². The standard InChI is InChI=1S/C19H30N6S.HI/c1-3-20-19(21-8-4-10-25-11-5-9-23-25)22-14-16(2)24-12-6-18-17(15-24)7-13-26-18;/h5,7,9,11,13,16H,3-4,6,8,10,12,14-15H2,1-2H3,(H2,20,21,22);1H. The Labute approximate surface area is 183 Å². The van der Waals surface area contributed by atoms with Crippen LogP contribution in [0.5, 0.6) is 0 Å². The zero-order chi connectivity index (χ0) is 18.2. The Morgan fingerprint density at radius 3 is 3.07 bits per heavy atom. The number of guanidine groups is 1. The molecule has 2 aromatic rings. The number of aromatic nitrogens is 2. The molecule has 0 bridgehead atoms. The van der Waals surface area contributed by atoms with Crippen molar-refractivity contribution < 1.29 is 0 Å². The molecule has 2 aromatic heterocycles. The summed E-state index contributed by atoms with van der Waals surface area (Å²) >= 11 is 1.89. The van der Waals surface area contributed by atoms with Crippen LogP contribution in [0.25, 0.3) is 0 Å². The largest absolute Gasteiger partial charge is 0.357 e. The molecule has 1 unspecified atom stereocenters. The van der Waals surface area contributed by atoms with E-state index in [0.717, 1.165) is 51.6 Å². The summed E-state index contributed by atoms with van der Waals surface area (Å²) in [6.07, 6.45) is 6.01. The first kappa shape index (κ1) is 22.2. The van der Waals surface area contributed by atoms with Crippen LogP contribution in [0.15, 0.2) is 34.9 Å². The Hall–Kier alpha value is -1.13. The lowest BCUT2D eigenvalue weighted by Gasteiger charge is -2.31. The Bertz CT molecular complexity index is 684. The van der Waals surface area contributed by atoms with Gasteiger partial charge in [-0.3, -0.25) is 14.6 Å². The molecule has 0 saturated heterocycles. The van der Waals surface area contributed by atoms with E-state index in [9.17, 15) is 0 Å². The van der Waals surface area contributed by atoms with Gasteiger partial charge in [0.05, 0.1) is 6.54 Å². The fraction of sp³-hybridized carbons (Fsp3) is 0.579. The van der Waals surface area contributed by atoms with Crippen LogP contribution in [0, 0.1) is 0 Å². The van der Waals surface area contributed by atoms with Crippen molar-refractivity contribution in [2.75, 3.05) is 26.2 Å². The average molecular weight is 502 g/mol. The molecule has 1 atom stereocenters. The van der Waals surface area contributed by atoms with Crippen molar-refractivity contribution in [1.82, 2.24) is 25.3 Å². The van der Waals surface area contributed by atoms with E-state index in [1.807, 2.05) is 34.5 Å². The molecular formula is C19H31IN6S. The van der Waals surface area contributed by atoms with Crippen molar-refractivity contribution in [2.45, 2.75) is 45.8 Å². The fourth-order valence-corrected chi connectivity index (χ4v) is 4.10. The normalized spacial score (nSPS) is 15.7. The lowest BCUT2D eigenvalue weighted by Crippen LogP contribution is -2.41. The number of thiophene rings is 1.